The Labute approximate surface area is 109 Å². The molecule has 0 aliphatic carbocycles. The van der Waals surface area contributed by atoms with Crippen LogP contribution in [0, 0.1) is 13.8 Å². The Hall–Kier alpha value is -1.46. The molecule has 0 aliphatic rings. The normalized spacial score (nSPS) is 12.6. The molecule has 1 aromatic carbocycles. The van der Waals surface area contributed by atoms with Crippen molar-refractivity contribution in [3.05, 3.63) is 47.3 Å². The van der Waals surface area contributed by atoms with Crippen molar-refractivity contribution in [1.82, 2.24) is 9.78 Å². The van der Waals surface area contributed by atoms with Gasteiger partial charge in [-0.2, -0.15) is 5.10 Å². The number of hydrogen-bond acceptors (Lipinski definition) is 3. The molecule has 18 heavy (non-hydrogen) atoms. The fraction of sp³-hybridized carbons (Fsp3) is 0.308. The highest BCUT2D eigenvalue weighted by atomic mass is 32.2. The predicted octanol–water partition coefficient (Wildman–Crippen LogP) is 1.98. The van der Waals surface area contributed by atoms with E-state index >= 15 is 0 Å². The van der Waals surface area contributed by atoms with E-state index in [1.807, 2.05) is 36.7 Å². The van der Waals surface area contributed by atoms with Gasteiger partial charge in [-0.05, 0) is 55.1 Å². The first-order valence-electron chi connectivity index (χ1n) is 5.75. The number of rotatable bonds is 4. The molecule has 0 N–H and O–H groups in total. The molecule has 1 atom stereocenters. The van der Waals surface area contributed by atoms with Gasteiger partial charge in [0, 0.05) is 17.1 Å². The number of aryl methyl sites for hydroxylation is 4. The molecule has 1 aromatic heterocycles. The van der Waals surface area contributed by atoms with E-state index in [1.165, 1.54) is 0 Å². The molecule has 5 heteroatoms. The lowest BCUT2D eigenvalue weighted by molar-refractivity contribution is 0.537. The van der Waals surface area contributed by atoms with E-state index in [9.17, 15) is 8.76 Å². The highest BCUT2D eigenvalue weighted by Gasteiger charge is 2.01. The fourth-order valence-electron chi connectivity index (χ4n) is 1.90. The quantitative estimate of drug-likeness (QED) is 0.792. The second-order valence-corrected chi connectivity index (χ2v) is 5.22. The molecule has 96 valence electrons. The SMILES string of the molecule is Cc1cc(C)n(CCc2ccc(S(=O)[O-])cc2)n1. The van der Waals surface area contributed by atoms with E-state index in [0.717, 1.165) is 29.9 Å². The Morgan fingerprint density at radius 3 is 2.44 bits per heavy atom. The summed E-state index contributed by atoms with van der Waals surface area (Å²) in [7, 11) is 0. The molecule has 0 radical (unpaired) electrons. The highest BCUT2D eigenvalue weighted by Crippen LogP contribution is 2.09. The molecule has 1 heterocycles. The van der Waals surface area contributed by atoms with Gasteiger partial charge in [-0.15, -0.1) is 0 Å². The number of hydrogen-bond donors (Lipinski definition) is 0. The standard InChI is InChI=1S/C13H16N2O2S/c1-10-9-11(2)15(14-10)8-7-12-3-5-13(6-4-12)18(16)17/h3-6,9H,7-8H2,1-2H3,(H,16,17)/p-1. The molecule has 0 aliphatic heterocycles. The summed E-state index contributed by atoms with van der Waals surface area (Å²) in [5.74, 6) is 0. The Balaban J connectivity index is 2.02. The minimum atomic E-state index is -2.15. The van der Waals surface area contributed by atoms with Gasteiger partial charge in [0.15, 0.2) is 0 Å². The molecule has 0 bridgehead atoms. The molecule has 1 unspecified atom stereocenters. The highest BCUT2D eigenvalue weighted by molar-refractivity contribution is 7.79. The van der Waals surface area contributed by atoms with Crippen LogP contribution < -0.4 is 0 Å². The third-order valence-electron chi connectivity index (χ3n) is 2.83. The van der Waals surface area contributed by atoms with Crippen LogP contribution in [0.5, 0.6) is 0 Å². The zero-order chi connectivity index (χ0) is 13.1. The van der Waals surface area contributed by atoms with Crippen molar-refractivity contribution < 1.29 is 8.76 Å². The largest absolute Gasteiger partial charge is 0.768 e. The van der Waals surface area contributed by atoms with Gasteiger partial charge >= 0.3 is 0 Å². The van der Waals surface area contributed by atoms with E-state index in [-0.39, 0.29) is 0 Å². The third-order valence-corrected chi connectivity index (χ3v) is 3.49. The summed E-state index contributed by atoms with van der Waals surface area (Å²) in [5.41, 5.74) is 3.27. The average molecular weight is 263 g/mol. The third kappa shape index (κ3) is 3.05. The first-order valence-corrected chi connectivity index (χ1v) is 6.83. The van der Waals surface area contributed by atoms with Crippen molar-refractivity contribution in [2.45, 2.75) is 31.7 Å². The number of benzene rings is 1. The Kier molecular flexibility index (Phi) is 3.93. The lowest BCUT2D eigenvalue weighted by atomic mass is 10.1. The summed E-state index contributed by atoms with van der Waals surface area (Å²) in [6.07, 6.45) is 0.841. The van der Waals surface area contributed by atoms with Crippen LogP contribution >= 0.6 is 0 Å². The van der Waals surface area contributed by atoms with Gasteiger partial charge in [-0.3, -0.25) is 8.89 Å². The predicted molar refractivity (Wildman–Crippen MR) is 69.0 cm³/mol. The Morgan fingerprint density at radius 1 is 1.28 bits per heavy atom. The number of aromatic nitrogens is 2. The summed E-state index contributed by atoms with van der Waals surface area (Å²) in [6, 6.07) is 8.98. The van der Waals surface area contributed by atoms with Gasteiger partial charge in [-0.25, -0.2) is 0 Å². The van der Waals surface area contributed by atoms with Gasteiger partial charge in [0.05, 0.1) is 5.69 Å². The summed E-state index contributed by atoms with van der Waals surface area (Å²) in [4.78, 5) is 0.324. The van der Waals surface area contributed by atoms with Crippen molar-refractivity contribution in [3.63, 3.8) is 0 Å². The van der Waals surface area contributed by atoms with Crippen molar-refractivity contribution in [1.29, 1.82) is 0 Å². The van der Waals surface area contributed by atoms with Crippen LogP contribution in [0.2, 0.25) is 0 Å². The molecule has 2 aromatic rings. The summed E-state index contributed by atoms with van der Waals surface area (Å²) in [6.45, 7) is 4.81. The topological polar surface area (TPSA) is 58.0 Å². The lowest BCUT2D eigenvalue weighted by Crippen LogP contribution is -2.05. The Bertz CT molecular complexity index is 561. The minimum absolute atomic E-state index is 0.324. The molecule has 0 fully saturated rings. The molecule has 0 saturated heterocycles. The van der Waals surface area contributed by atoms with Crippen molar-refractivity contribution in [3.8, 4) is 0 Å². The maximum Gasteiger partial charge on any atom is 0.0596 e. The van der Waals surface area contributed by atoms with Gasteiger partial charge < -0.3 is 4.55 Å². The van der Waals surface area contributed by atoms with E-state index in [1.54, 1.807) is 12.1 Å². The molecule has 4 nitrogen and oxygen atoms in total. The average Bonchev–Trinajstić information content (AvgIpc) is 2.66. The molecule has 0 amide bonds. The van der Waals surface area contributed by atoms with Crippen molar-refractivity contribution >= 4 is 11.1 Å². The van der Waals surface area contributed by atoms with Gasteiger partial charge in [-0.1, -0.05) is 12.1 Å². The summed E-state index contributed by atoms with van der Waals surface area (Å²) >= 11 is -2.15. The van der Waals surface area contributed by atoms with E-state index in [0.29, 0.717) is 4.90 Å². The molecular formula is C13H15N2O2S-. The number of nitrogens with zero attached hydrogens (tertiary/aromatic N) is 2. The maximum absolute atomic E-state index is 10.7. The monoisotopic (exact) mass is 263 g/mol. The van der Waals surface area contributed by atoms with Gasteiger partial charge in [0.25, 0.3) is 0 Å². The molecular weight excluding hydrogens is 248 g/mol. The molecule has 0 saturated carbocycles. The van der Waals surface area contributed by atoms with Gasteiger partial charge in [0.2, 0.25) is 0 Å². The lowest BCUT2D eigenvalue weighted by Gasteiger charge is -2.07. The first kappa shape index (κ1) is 13.0. The second-order valence-electron chi connectivity index (χ2n) is 4.28. The zero-order valence-electron chi connectivity index (χ0n) is 10.4. The van der Waals surface area contributed by atoms with Crippen LogP contribution in [0.1, 0.15) is 17.0 Å². The van der Waals surface area contributed by atoms with Crippen LogP contribution in [0.3, 0.4) is 0 Å². The van der Waals surface area contributed by atoms with Crippen molar-refractivity contribution in [2.75, 3.05) is 0 Å². The van der Waals surface area contributed by atoms with E-state index in [2.05, 4.69) is 5.10 Å². The van der Waals surface area contributed by atoms with Crippen molar-refractivity contribution in [2.24, 2.45) is 0 Å². The summed E-state index contributed by atoms with van der Waals surface area (Å²) in [5, 5.41) is 4.39. The molecule has 0 spiro atoms. The first-order chi connectivity index (χ1) is 8.56. The minimum Gasteiger partial charge on any atom is -0.768 e. The summed E-state index contributed by atoms with van der Waals surface area (Å²) < 4.78 is 23.4. The van der Waals surface area contributed by atoms with Crippen LogP contribution in [0.4, 0.5) is 0 Å². The molecule has 2 rings (SSSR count). The zero-order valence-corrected chi connectivity index (χ0v) is 11.2. The van der Waals surface area contributed by atoms with E-state index in [4.69, 9.17) is 0 Å². The van der Waals surface area contributed by atoms with Crippen LogP contribution in [-0.4, -0.2) is 18.5 Å². The van der Waals surface area contributed by atoms with Crippen LogP contribution in [0.15, 0.2) is 35.2 Å². The second kappa shape index (κ2) is 5.46. The smallest absolute Gasteiger partial charge is 0.0596 e. The maximum atomic E-state index is 10.7. The Morgan fingerprint density at radius 2 is 1.94 bits per heavy atom. The van der Waals surface area contributed by atoms with Crippen LogP contribution in [0.25, 0.3) is 0 Å². The fourth-order valence-corrected chi connectivity index (χ4v) is 2.26. The van der Waals surface area contributed by atoms with Gasteiger partial charge in [0.1, 0.15) is 0 Å². The van der Waals surface area contributed by atoms with Crippen LogP contribution in [-0.2, 0) is 24.0 Å². The van der Waals surface area contributed by atoms with E-state index < -0.39 is 11.1 Å².